The first-order valence-electron chi connectivity index (χ1n) is 6.34. The molecule has 0 bridgehead atoms. The van der Waals surface area contributed by atoms with E-state index in [4.69, 9.17) is 11.6 Å². The number of hydrogen-bond donors (Lipinski definition) is 1. The van der Waals surface area contributed by atoms with Crippen molar-refractivity contribution in [1.82, 2.24) is 10.4 Å². The van der Waals surface area contributed by atoms with Crippen molar-refractivity contribution in [2.45, 2.75) is 11.3 Å². The van der Waals surface area contributed by atoms with Gasteiger partial charge in [-0.25, -0.2) is 5.43 Å². The second-order valence-electron chi connectivity index (χ2n) is 4.13. The summed E-state index contributed by atoms with van der Waals surface area (Å²) in [7, 11) is 0. The van der Waals surface area contributed by atoms with Gasteiger partial charge in [-0.05, 0) is 42.0 Å². The molecular formula is C15H14ClN3OS. The van der Waals surface area contributed by atoms with Crippen LogP contribution in [0.2, 0.25) is 5.02 Å². The van der Waals surface area contributed by atoms with Crippen LogP contribution in [0.5, 0.6) is 0 Å². The first kappa shape index (κ1) is 15.5. The average molecular weight is 320 g/mol. The average Bonchev–Trinajstić information content (AvgIpc) is 2.50. The fourth-order valence-corrected chi connectivity index (χ4v) is 2.45. The molecule has 21 heavy (non-hydrogen) atoms. The number of hydrazone groups is 1. The summed E-state index contributed by atoms with van der Waals surface area (Å²) < 4.78 is 0. The largest absolute Gasteiger partial charge is 0.273 e. The van der Waals surface area contributed by atoms with Gasteiger partial charge < -0.3 is 0 Å². The zero-order chi connectivity index (χ0) is 14.9. The van der Waals surface area contributed by atoms with Gasteiger partial charge in [0, 0.05) is 34.5 Å². The number of rotatable bonds is 6. The third-order valence-corrected chi connectivity index (χ3v) is 3.79. The number of nitrogens with zero attached hydrogens (tertiary/aromatic N) is 2. The number of aromatic nitrogens is 1. The van der Waals surface area contributed by atoms with Gasteiger partial charge in [0.25, 0.3) is 0 Å². The molecule has 0 saturated carbocycles. The highest BCUT2D eigenvalue weighted by molar-refractivity contribution is 7.99. The van der Waals surface area contributed by atoms with E-state index in [0.29, 0.717) is 17.2 Å². The van der Waals surface area contributed by atoms with Crippen molar-refractivity contribution in [3.63, 3.8) is 0 Å². The van der Waals surface area contributed by atoms with Crippen molar-refractivity contribution < 1.29 is 4.79 Å². The topological polar surface area (TPSA) is 54.4 Å². The minimum absolute atomic E-state index is 0.109. The Kier molecular flexibility index (Phi) is 6.24. The second-order valence-corrected chi connectivity index (χ2v) is 5.73. The molecule has 2 rings (SSSR count). The van der Waals surface area contributed by atoms with Gasteiger partial charge in [-0.2, -0.15) is 5.10 Å². The molecule has 1 amide bonds. The van der Waals surface area contributed by atoms with Crippen LogP contribution in [-0.2, 0) is 4.79 Å². The van der Waals surface area contributed by atoms with Gasteiger partial charge >= 0.3 is 0 Å². The van der Waals surface area contributed by atoms with E-state index in [1.165, 1.54) is 0 Å². The Morgan fingerprint density at radius 2 is 1.95 bits per heavy atom. The highest BCUT2D eigenvalue weighted by atomic mass is 35.5. The maximum Gasteiger partial charge on any atom is 0.240 e. The zero-order valence-corrected chi connectivity index (χ0v) is 12.8. The van der Waals surface area contributed by atoms with Gasteiger partial charge in [0.1, 0.15) is 0 Å². The summed E-state index contributed by atoms with van der Waals surface area (Å²) in [6, 6.07) is 11.2. The zero-order valence-electron chi connectivity index (χ0n) is 11.2. The summed E-state index contributed by atoms with van der Waals surface area (Å²) >= 11 is 7.42. The Morgan fingerprint density at radius 1 is 1.24 bits per heavy atom. The lowest BCUT2D eigenvalue weighted by Crippen LogP contribution is -2.17. The van der Waals surface area contributed by atoms with E-state index < -0.39 is 0 Å². The first-order chi connectivity index (χ1) is 10.2. The summed E-state index contributed by atoms with van der Waals surface area (Å²) in [5.74, 6) is 0.583. The molecule has 0 aliphatic rings. The normalized spacial score (nSPS) is 10.7. The van der Waals surface area contributed by atoms with Gasteiger partial charge in [-0.3, -0.25) is 9.78 Å². The number of pyridine rings is 1. The number of benzene rings is 1. The number of nitrogens with one attached hydrogen (secondary N) is 1. The number of amides is 1. The van der Waals surface area contributed by atoms with Gasteiger partial charge in [0.2, 0.25) is 5.91 Å². The molecule has 1 N–H and O–H groups in total. The van der Waals surface area contributed by atoms with E-state index in [1.807, 2.05) is 36.4 Å². The van der Waals surface area contributed by atoms with Crippen LogP contribution in [-0.4, -0.2) is 22.9 Å². The third kappa shape index (κ3) is 5.97. The number of hydrogen-bond acceptors (Lipinski definition) is 4. The Morgan fingerprint density at radius 3 is 2.67 bits per heavy atom. The minimum Gasteiger partial charge on any atom is -0.273 e. The van der Waals surface area contributed by atoms with Crippen molar-refractivity contribution in [3.8, 4) is 0 Å². The van der Waals surface area contributed by atoms with Crippen molar-refractivity contribution in [3.05, 3.63) is 59.4 Å². The lowest BCUT2D eigenvalue weighted by atomic mass is 10.3. The molecule has 0 radical (unpaired) electrons. The number of thioether (sulfide) groups is 1. The minimum atomic E-state index is -0.109. The molecule has 0 aliphatic heterocycles. The van der Waals surface area contributed by atoms with E-state index in [1.54, 1.807) is 30.4 Å². The Labute approximate surface area is 132 Å². The van der Waals surface area contributed by atoms with Gasteiger partial charge in [0.15, 0.2) is 0 Å². The SMILES string of the molecule is O=C(CCSc1ccc(Cl)cc1)N/N=C\c1ccncc1. The third-order valence-electron chi connectivity index (χ3n) is 2.52. The van der Waals surface area contributed by atoms with Gasteiger partial charge in [0.05, 0.1) is 6.21 Å². The molecule has 0 saturated heterocycles. The maximum atomic E-state index is 11.6. The highest BCUT2D eigenvalue weighted by Crippen LogP contribution is 2.20. The van der Waals surface area contributed by atoms with Crippen molar-refractivity contribution >= 4 is 35.5 Å². The molecule has 0 fully saturated rings. The van der Waals surface area contributed by atoms with Crippen LogP contribution in [0.1, 0.15) is 12.0 Å². The maximum absolute atomic E-state index is 11.6. The summed E-state index contributed by atoms with van der Waals surface area (Å²) in [6.45, 7) is 0. The van der Waals surface area contributed by atoms with E-state index in [2.05, 4.69) is 15.5 Å². The molecule has 0 unspecified atom stereocenters. The van der Waals surface area contributed by atoms with Crippen LogP contribution in [0.3, 0.4) is 0 Å². The molecule has 6 heteroatoms. The summed E-state index contributed by atoms with van der Waals surface area (Å²) in [4.78, 5) is 16.6. The molecule has 0 spiro atoms. The summed E-state index contributed by atoms with van der Waals surface area (Å²) in [5.41, 5.74) is 3.39. The lowest BCUT2D eigenvalue weighted by molar-refractivity contribution is -0.120. The Hall–Kier alpha value is -1.85. The molecule has 1 heterocycles. The van der Waals surface area contributed by atoms with Crippen molar-refractivity contribution in [2.75, 3.05) is 5.75 Å². The predicted octanol–water partition coefficient (Wildman–Crippen LogP) is 3.37. The smallest absolute Gasteiger partial charge is 0.240 e. The van der Waals surface area contributed by atoms with Crippen LogP contribution >= 0.6 is 23.4 Å². The van der Waals surface area contributed by atoms with E-state index in [0.717, 1.165) is 10.5 Å². The van der Waals surface area contributed by atoms with Crippen LogP contribution in [0.4, 0.5) is 0 Å². The Balaban J connectivity index is 1.68. The second kappa shape index (κ2) is 8.44. The van der Waals surface area contributed by atoms with Crippen molar-refractivity contribution in [1.29, 1.82) is 0 Å². The van der Waals surface area contributed by atoms with Crippen LogP contribution in [0.15, 0.2) is 58.8 Å². The standard InChI is InChI=1S/C15H14ClN3OS/c16-13-1-3-14(4-2-13)21-10-7-15(20)19-18-11-12-5-8-17-9-6-12/h1-6,8-9,11H,7,10H2,(H,19,20)/b18-11-. The summed E-state index contributed by atoms with van der Waals surface area (Å²) in [5, 5.41) is 4.61. The fraction of sp³-hybridized carbons (Fsp3) is 0.133. The van der Waals surface area contributed by atoms with Crippen molar-refractivity contribution in [2.24, 2.45) is 5.10 Å². The van der Waals surface area contributed by atoms with E-state index in [-0.39, 0.29) is 5.91 Å². The van der Waals surface area contributed by atoms with E-state index >= 15 is 0 Å². The molecule has 2 aromatic rings. The molecule has 0 atom stereocenters. The highest BCUT2D eigenvalue weighted by Gasteiger charge is 2.00. The summed E-state index contributed by atoms with van der Waals surface area (Å²) in [6.07, 6.45) is 5.34. The monoisotopic (exact) mass is 319 g/mol. The first-order valence-corrected chi connectivity index (χ1v) is 7.71. The molecule has 4 nitrogen and oxygen atoms in total. The number of carbonyl (C=O) groups is 1. The fourth-order valence-electron chi connectivity index (χ4n) is 1.48. The molecule has 108 valence electrons. The van der Waals surface area contributed by atoms with Crippen LogP contribution < -0.4 is 5.43 Å². The number of halogens is 1. The molecule has 0 aliphatic carbocycles. The van der Waals surface area contributed by atoms with E-state index in [9.17, 15) is 4.79 Å². The Bertz CT molecular complexity index is 602. The van der Waals surface area contributed by atoms with Crippen LogP contribution in [0, 0.1) is 0 Å². The van der Waals surface area contributed by atoms with Gasteiger partial charge in [-0.15, -0.1) is 11.8 Å². The predicted molar refractivity (Wildman–Crippen MR) is 86.8 cm³/mol. The lowest BCUT2D eigenvalue weighted by Gasteiger charge is -2.01. The molecule has 1 aromatic carbocycles. The van der Waals surface area contributed by atoms with Crippen LogP contribution in [0.25, 0.3) is 0 Å². The quantitative estimate of drug-likeness (QED) is 0.504. The molecular weight excluding hydrogens is 306 g/mol. The number of carbonyl (C=O) groups excluding carboxylic acids is 1. The molecule has 1 aromatic heterocycles. The van der Waals surface area contributed by atoms with Gasteiger partial charge in [-0.1, -0.05) is 11.6 Å².